The molecule has 0 aliphatic carbocycles. The fourth-order valence-electron chi connectivity index (χ4n) is 3.04. The van der Waals surface area contributed by atoms with Crippen LogP contribution in [0.2, 0.25) is 0 Å². The summed E-state index contributed by atoms with van der Waals surface area (Å²) >= 11 is 0. The molecule has 6 nitrogen and oxygen atoms in total. The topological polar surface area (TPSA) is 97.7 Å². The van der Waals surface area contributed by atoms with Crippen LogP contribution in [0.15, 0.2) is 47.4 Å². The van der Waals surface area contributed by atoms with Gasteiger partial charge in [0.25, 0.3) is 10.1 Å². The van der Waals surface area contributed by atoms with Gasteiger partial charge in [-0.1, -0.05) is 36.4 Å². The fraction of sp³-hybridized carbons (Fsp3) is 0. The van der Waals surface area contributed by atoms with Gasteiger partial charge in [-0.05, 0) is 11.5 Å². The van der Waals surface area contributed by atoms with Crippen LogP contribution in [0.25, 0.3) is 21.5 Å². The minimum atomic E-state index is -4.57. The van der Waals surface area contributed by atoms with Crippen molar-refractivity contribution >= 4 is 43.6 Å². The normalized spacial score (nSPS) is 14.3. The molecule has 0 bridgehead atoms. The van der Waals surface area contributed by atoms with Crippen molar-refractivity contribution in [3.8, 4) is 0 Å². The van der Waals surface area contributed by atoms with Gasteiger partial charge in [0.1, 0.15) is 4.90 Å². The molecule has 3 aromatic rings. The largest absolute Gasteiger partial charge is 0.386 e. The summed E-state index contributed by atoms with van der Waals surface area (Å²) in [5, 5.41) is 0.794. The van der Waals surface area contributed by atoms with Gasteiger partial charge in [-0.2, -0.15) is 8.42 Å². The van der Waals surface area contributed by atoms with Crippen LogP contribution in [0.1, 0.15) is 20.7 Å². The molecule has 4 rings (SSSR count). The number of ether oxygens (including phenoxy) is 1. The lowest BCUT2D eigenvalue weighted by atomic mass is 9.92. The van der Waals surface area contributed by atoms with Gasteiger partial charge in [0.15, 0.2) is 0 Å². The molecule has 0 unspecified atom stereocenters. The molecule has 0 amide bonds. The molecule has 1 aliphatic rings. The summed E-state index contributed by atoms with van der Waals surface area (Å²) in [6.45, 7) is 0. The zero-order valence-electron chi connectivity index (χ0n) is 11.4. The highest BCUT2D eigenvalue weighted by Crippen LogP contribution is 2.39. The van der Waals surface area contributed by atoms with Gasteiger partial charge >= 0.3 is 11.9 Å². The predicted molar refractivity (Wildman–Crippen MR) is 81.0 cm³/mol. The van der Waals surface area contributed by atoms with Crippen LogP contribution in [0, 0.1) is 0 Å². The van der Waals surface area contributed by atoms with E-state index in [0.717, 1.165) is 0 Å². The quantitative estimate of drug-likeness (QED) is 0.319. The predicted octanol–water partition coefficient (Wildman–Crippen LogP) is 2.55. The zero-order valence-corrected chi connectivity index (χ0v) is 12.3. The van der Waals surface area contributed by atoms with Gasteiger partial charge in [-0.25, -0.2) is 9.59 Å². The van der Waals surface area contributed by atoms with E-state index in [1.165, 1.54) is 24.3 Å². The van der Waals surface area contributed by atoms with Crippen molar-refractivity contribution in [1.29, 1.82) is 0 Å². The van der Waals surface area contributed by atoms with Crippen molar-refractivity contribution in [2.75, 3.05) is 0 Å². The van der Waals surface area contributed by atoms with Gasteiger partial charge in [0.05, 0.1) is 11.1 Å². The summed E-state index contributed by atoms with van der Waals surface area (Å²) in [6.07, 6.45) is 0. The summed E-state index contributed by atoms with van der Waals surface area (Å²) in [5.74, 6) is -1.68. The first kappa shape index (κ1) is 13.9. The van der Waals surface area contributed by atoms with E-state index in [1.54, 1.807) is 18.2 Å². The van der Waals surface area contributed by atoms with Gasteiger partial charge in [0, 0.05) is 16.2 Å². The highest BCUT2D eigenvalue weighted by atomic mass is 32.2. The second kappa shape index (κ2) is 4.37. The molecule has 0 saturated heterocycles. The average Bonchev–Trinajstić information content (AvgIpc) is 2.49. The standard InChI is InChI=1S/C16H8O6S/c17-15-11-7-3-6-10-12(11)13(16(18)22-15)8-4-1-2-5-9(8)14(10)23(19,20)21/h1-7H,(H,19,20,21). The van der Waals surface area contributed by atoms with Crippen LogP contribution in [-0.4, -0.2) is 24.9 Å². The maximum absolute atomic E-state index is 12.2. The number of rotatable bonds is 1. The molecule has 0 atom stereocenters. The Morgan fingerprint density at radius 3 is 2.17 bits per heavy atom. The van der Waals surface area contributed by atoms with Crippen molar-refractivity contribution < 1.29 is 27.3 Å². The second-order valence-corrected chi connectivity index (χ2v) is 6.49. The van der Waals surface area contributed by atoms with E-state index in [2.05, 4.69) is 0 Å². The molecule has 0 saturated carbocycles. The van der Waals surface area contributed by atoms with Crippen molar-refractivity contribution in [3.05, 3.63) is 53.6 Å². The fourth-order valence-corrected chi connectivity index (χ4v) is 3.94. The molecule has 1 N–H and O–H groups in total. The van der Waals surface area contributed by atoms with Crippen molar-refractivity contribution in [1.82, 2.24) is 0 Å². The summed E-state index contributed by atoms with van der Waals surface area (Å²) in [4.78, 5) is 23.8. The second-order valence-electron chi connectivity index (χ2n) is 5.13. The molecule has 0 aromatic heterocycles. The Bertz CT molecular complexity index is 1140. The van der Waals surface area contributed by atoms with Gasteiger partial charge in [-0.15, -0.1) is 0 Å². The summed E-state index contributed by atoms with van der Waals surface area (Å²) in [6, 6.07) is 10.6. The Labute approximate surface area is 130 Å². The molecule has 0 fully saturated rings. The number of carbonyl (C=O) groups excluding carboxylic acids is 2. The number of fused-ring (bicyclic) bond motifs is 2. The van der Waals surface area contributed by atoms with Crippen LogP contribution in [0.5, 0.6) is 0 Å². The average molecular weight is 328 g/mol. The van der Waals surface area contributed by atoms with Crippen LogP contribution >= 0.6 is 0 Å². The molecule has 0 spiro atoms. The van der Waals surface area contributed by atoms with E-state index in [4.69, 9.17) is 4.74 Å². The van der Waals surface area contributed by atoms with Crippen LogP contribution < -0.4 is 0 Å². The Morgan fingerprint density at radius 2 is 1.48 bits per heavy atom. The number of hydrogen-bond donors (Lipinski definition) is 1. The first-order valence-corrected chi connectivity index (χ1v) is 8.05. The summed E-state index contributed by atoms with van der Waals surface area (Å²) < 4.78 is 38.2. The smallest absolute Gasteiger partial charge is 0.347 e. The number of hydrogen-bond acceptors (Lipinski definition) is 5. The van der Waals surface area contributed by atoms with Gasteiger partial charge < -0.3 is 4.74 Å². The lowest BCUT2D eigenvalue weighted by molar-refractivity contribution is 0.0392. The summed E-state index contributed by atoms with van der Waals surface area (Å²) in [5.41, 5.74) is 0.214. The minimum absolute atomic E-state index is 0.0905. The zero-order chi connectivity index (χ0) is 16.4. The molecule has 1 aliphatic heterocycles. The maximum atomic E-state index is 12.2. The van der Waals surface area contributed by atoms with Crippen LogP contribution in [0.4, 0.5) is 0 Å². The number of esters is 2. The van der Waals surface area contributed by atoms with E-state index in [1.807, 2.05) is 0 Å². The highest BCUT2D eigenvalue weighted by molar-refractivity contribution is 7.86. The minimum Gasteiger partial charge on any atom is -0.386 e. The third-order valence-corrected chi connectivity index (χ3v) is 4.82. The Morgan fingerprint density at radius 1 is 0.826 bits per heavy atom. The van der Waals surface area contributed by atoms with Crippen LogP contribution in [0.3, 0.4) is 0 Å². The van der Waals surface area contributed by atoms with E-state index >= 15 is 0 Å². The van der Waals surface area contributed by atoms with E-state index in [-0.39, 0.29) is 32.2 Å². The van der Waals surface area contributed by atoms with Crippen molar-refractivity contribution in [2.24, 2.45) is 0 Å². The monoisotopic (exact) mass is 328 g/mol. The van der Waals surface area contributed by atoms with Crippen molar-refractivity contribution in [3.63, 3.8) is 0 Å². The van der Waals surface area contributed by atoms with Gasteiger partial charge in [0.2, 0.25) is 0 Å². The molecular weight excluding hydrogens is 320 g/mol. The molecule has 7 heteroatoms. The number of carbonyl (C=O) groups is 2. The van der Waals surface area contributed by atoms with Crippen LogP contribution in [-0.2, 0) is 14.9 Å². The first-order chi connectivity index (χ1) is 10.9. The Hall–Kier alpha value is -2.77. The molecule has 114 valence electrons. The highest BCUT2D eigenvalue weighted by Gasteiger charge is 2.32. The molecule has 23 heavy (non-hydrogen) atoms. The number of benzene rings is 3. The molecule has 0 radical (unpaired) electrons. The van der Waals surface area contributed by atoms with E-state index in [9.17, 15) is 22.6 Å². The van der Waals surface area contributed by atoms with E-state index in [0.29, 0.717) is 5.39 Å². The maximum Gasteiger partial charge on any atom is 0.347 e. The third kappa shape index (κ3) is 1.81. The molecule has 3 aromatic carbocycles. The van der Waals surface area contributed by atoms with E-state index < -0.39 is 22.1 Å². The molecular formula is C16H8O6S. The molecule has 1 heterocycles. The lowest BCUT2D eigenvalue weighted by Crippen LogP contribution is -2.20. The SMILES string of the molecule is O=C1OC(=O)c2c3ccccc3c(S(=O)(=O)O)c3cccc1c23. The third-order valence-electron chi connectivity index (χ3n) is 3.87. The van der Waals surface area contributed by atoms with Crippen molar-refractivity contribution in [2.45, 2.75) is 4.90 Å². The number of cyclic esters (lactones) is 2. The first-order valence-electron chi connectivity index (χ1n) is 6.61. The lowest BCUT2D eigenvalue weighted by Gasteiger charge is -2.19. The Balaban J connectivity index is 2.44. The summed E-state index contributed by atoms with van der Waals surface area (Å²) in [7, 11) is -4.57. The Kier molecular flexibility index (Phi) is 2.64. The van der Waals surface area contributed by atoms with Gasteiger partial charge in [-0.3, -0.25) is 4.55 Å².